The van der Waals surface area contributed by atoms with Gasteiger partial charge in [-0.1, -0.05) is 33.6 Å². The first kappa shape index (κ1) is 15.8. The van der Waals surface area contributed by atoms with Gasteiger partial charge in [0.1, 0.15) is 0 Å². The van der Waals surface area contributed by atoms with E-state index in [1.807, 2.05) is 18.2 Å². The van der Waals surface area contributed by atoms with E-state index in [1.54, 1.807) is 0 Å². The Morgan fingerprint density at radius 1 is 1.35 bits per heavy atom. The summed E-state index contributed by atoms with van der Waals surface area (Å²) >= 11 is 9.58. The molecule has 0 aromatic heterocycles. The van der Waals surface area contributed by atoms with Gasteiger partial charge in [0, 0.05) is 15.5 Å². The highest BCUT2D eigenvalue weighted by Gasteiger charge is 2.25. The smallest absolute Gasteiger partial charge is 0.306 e. The molecule has 5 heteroatoms. The first-order valence-corrected chi connectivity index (χ1v) is 8.13. The standard InChI is InChI=1S/C15H19BrClNO2/c16-12-4-1-10(14(17)9-12)7-8-18-13-5-2-11(3-6-13)15(19)20/h1,4,9,11,13,18H,2-3,5-8H2,(H,19,20). The average molecular weight is 361 g/mol. The van der Waals surface area contributed by atoms with Crippen LogP contribution in [0.2, 0.25) is 5.02 Å². The Bertz CT molecular complexity index is 473. The van der Waals surface area contributed by atoms with Crippen molar-refractivity contribution in [2.24, 2.45) is 5.92 Å². The number of carboxylic acid groups (broad SMARTS) is 1. The van der Waals surface area contributed by atoms with Crippen molar-refractivity contribution in [2.75, 3.05) is 6.54 Å². The molecule has 20 heavy (non-hydrogen) atoms. The molecule has 0 bridgehead atoms. The fraction of sp³-hybridized carbons (Fsp3) is 0.533. The zero-order chi connectivity index (χ0) is 14.5. The lowest BCUT2D eigenvalue weighted by Crippen LogP contribution is -2.36. The Morgan fingerprint density at radius 2 is 2.05 bits per heavy atom. The van der Waals surface area contributed by atoms with Crippen molar-refractivity contribution >= 4 is 33.5 Å². The van der Waals surface area contributed by atoms with E-state index >= 15 is 0 Å². The minimum atomic E-state index is -0.648. The molecular weight excluding hydrogens is 342 g/mol. The first-order chi connectivity index (χ1) is 9.56. The molecule has 0 saturated heterocycles. The van der Waals surface area contributed by atoms with Gasteiger partial charge in [-0.25, -0.2) is 0 Å². The van der Waals surface area contributed by atoms with Crippen LogP contribution in [0.25, 0.3) is 0 Å². The number of rotatable bonds is 5. The second-order valence-electron chi connectivity index (χ2n) is 5.33. The van der Waals surface area contributed by atoms with Crippen molar-refractivity contribution in [2.45, 2.75) is 38.1 Å². The molecule has 1 fully saturated rings. The quantitative estimate of drug-likeness (QED) is 0.838. The number of nitrogens with one attached hydrogen (secondary N) is 1. The van der Waals surface area contributed by atoms with E-state index in [0.29, 0.717) is 6.04 Å². The van der Waals surface area contributed by atoms with Crippen molar-refractivity contribution in [1.82, 2.24) is 5.32 Å². The second kappa shape index (κ2) is 7.43. The minimum Gasteiger partial charge on any atom is -0.481 e. The number of aliphatic carboxylic acids is 1. The van der Waals surface area contributed by atoms with Crippen LogP contribution in [-0.4, -0.2) is 23.7 Å². The van der Waals surface area contributed by atoms with Crippen molar-refractivity contribution in [3.05, 3.63) is 33.3 Å². The highest BCUT2D eigenvalue weighted by Crippen LogP contribution is 2.25. The molecule has 0 aliphatic heterocycles. The third-order valence-corrected chi connectivity index (χ3v) is 4.76. The number of benzene rings is 1. The minimum absolute atomic E-state index is 0.144. The van der Waals surface area contributed by atoms with Gasteiger partial charge in [0.2, 0.25) is 0 Å². The predicted molar refractivity (Wildman–Crippen MR) is 84.2 cm³/mol. The molecule has 0 atom stereocenters. The van der Waals surface area contributed by atoms with E-state index in [1.165, 1.54) is 0 Å². The summed E-state index contributed by atoms with van der Waals surface area (Å²) in [6, 6.07) is 6.39. The van der Waals surface area contributed by atoms with Crippen LogP contribution in [0.1, 0.15) is 31.2 Å². The van der Waals surface area contributed by atoms with Gasteiger partial charge < -0.3 is 10.4 Å². The lowest BCUT2D eigenvalue weighted by molar-refractivity contribution is -0.142. The fourth-order valence-electron chi connectivity index (χ4n) is 2.68. The maximum Gasteiger partial charge on any atom is 0.306 e. The lowest BCUT2D eigenvalue weighted by Gasteiger charge is -2.27. The molecule has 1 aliphatic rings. The van der Waals surface area contributed by atoms with Gasteiger partial charge in [-0.05, 0) is 56.3 Å². The largest absolute Gasteiger partial charge is 0.481 e. The van der Waals surface area contributed by atoms with Gasteiger partial charge in [-0.15, -0.1) is 0 Å². The SMILES string of the molecule is O=C(O)C1CCC(NCCc2ccc(Br)cc2Cl)CC1. The summed E-state index contributed by atoms with van der Waals surface area (Å²) in [7, 11) is 0. The van der Waals surface area contributed by atoms with Gasteiger partial charge in [0.15, 0.2) is 0 Å². The molecule has 110 valence electrons. The normalized spacial score (nSPS) is 22.7. The van der Waals surface area contributed by atoms with Crippen LogP contribution in [-0.2, 0) is 11.2 Å². The van der Waals surface area contributed by atoms with E-state index < -0.39 is 5.97 Å². The van der Waals surface area contributed by atoms with E-state index in [9.17, 15) is 4.79 Å². The Kier molecular flexibility index (Phi) is 5.87. The highest BCUT2D eigenvalue weighted by atomic mass is 79.9. The Hall–Kier alpha value is -0.580. The second-order valence-corrected chi connectivity index (χ2v) is 6.65. The molecule has 2 N–H and O–H groups in total. The van der Waals surface area contributed by atoms with E-state index in [-0.39, 0.29) is 5.92 Å². The molecule has 0 amide bonds. The number of carbonyl (C=O) groups is 1. The highest BCUT2D eigenvalue weighted by molar-refractivity contribution is 9.10. The number of halogens is 2. The zero-order valence-corrected chi connectivity index (χ0v) is 13.6. The Morgan fingerprint density at radius 3 is 2.65 bits per heavy atom. The topological polar surface area (TPSA) is 49.3 Å². The predicted octanol–water partition coefficient (Wildman–Crippen LogP) is 3.88. The Labute approximate surface area is 132 Å². The third-order valence-electron chi connectivity index (χ3n) is 3.92. The van der Waals surface area contributed by atoms with Crippen LogP contribution >= 0.6 is 27.5 Å². The number of hydrogen-bond acceptors (Lipinski definition) is 2. The van der Waals surface area contributed by atoms with Crippen molar-refractivity contribution < 1.29 is 9.90 Å². The van der Waals surface area contributed by atoms with E-state index in [2.05, 4.69) is 21.2 Å². The summed E-state index contributed by atoms with van der Waals surface area (Å²) in [6.45, 7) is 0.879. The van der Waals surface area contributed by atoms with Crippen molar-refractivity contribution in [1.29, 1.82) is 0 Å². The lowest BCUT2D eigenvalue weighted by atomic mass is 9.86. The summed E-state index contributed by atoms with van der Waals surface area (Å²) in [5, 5.41) is 13.3. The van der Waals surface area contributed by atoms with Crippen LogP contribution in [0, 0.1) is 5.92 Å². The van der Waals surface area contributed by atoms with Gasteiger partial charge in [0.05, 0.1) is 5.92 Å². The van der Waals surface area contributed by atoms with Crippen LogP contribution in [0.3, 0.4) is 0 Å². The third kappa shape index (κ3) is 4.47. The van der Waals surface area contributed by atoms with E-state index in [4.69, 9.17) is 16.7 Å². The van der Waals surface area contributed by atoms with Crippen molar-refractivity contribution in [3.63, 3.8) is 0 Å². The summed E-state index contributed by atoms with van der Waals surface area (Å²) in [5.41, 5.74) is 1.14. The summed E-state index contributed by atoms with van der Waals surface area (Å²) in [4.78, 5) is 10.9. The van der Waals surface area contributed by atoms with Gasteiger partial charge in [-0.2, -0.15) is 0 Å². The van der Waals surface area contributed by atoms with Gasteiger partial charge in [0.25, 0.3) is 0 Å². The number of hydrogen-bond donors (Lipinski definition) is 2. The van der Waals surface area contributed by atoms with Crippen molar-refractivity contribution in [3.8, 4) is 0 Å². The van der Waals surface area contributed by atoms with Gasteiger partial charge in [-0.3, -0.25) is 4.79 Å². The van der Waals surface area contributed by atoms with Crippen LogP contribution in [0.5, 0.6) is 0 Å². The molecule has 1 aromatic rings. The maximum absolute atomic E-state index is 10.9. The van der Waals surface area contributed by atoms with Crippen LogP contribution < -0.4 is 5.32 Å². The molecular formula is C15H19BrClNO2. The summed E-state index contributed by atoms with van der Waals surface area (Å²) < 4.78 is 0.992. The molecule has 0 spiro atoms. The molecule has 0 radical (unpaired) electrons. The number of carboxylic acids is 1. The molecule has 0 heterocycles. The molecule has 0 unspecified atom stereocenters. The monoisotopic (exact) mass is 359 g/mol. The Balaban J connectivity index is 1.73. The maximum atomic E-state index is 10.9. The zero-order valence-electron chi connectivity index (χ0n) is 11.2. The molecule has 3 nitrogen and oxygen atoms in total. The van der Waals surface area contributed by atoms with Crippen LogP contribution in [0.15, 0.2) is 22.7 Å². The van der Waals surface area contributed by atoms with Crippen LogP contribution in [0.4, 0.5) is 0 Å². The molecule has 1 aliphatic carbocycles. The first-order valence-electron chi connectivity index (χ1n) is 6.96. The fourth-order valence-corrected chi connectivity index (χ4v) is 3.45. The molecule has 1 aromatic carbocycles. The molecule has 2 rings (SSSR count). The average Bonchev–Trinajstić information content (AvgIpc) is 2.42. The summed E-state index contributed by atoms with van der Waals surface area (Å²) in [5.74, 6) is -0.793. The van der Waals surface area contributed by atoms with E-state index in [0.717, 1.165) is 53.7 Å². The molecule has 1 saturated carbocycles. The summed E-state index contributed by atoms with van der Waals surface area (Å²) in [6.07, 6.45) is 4.36. The van der Waals surface area contributed by atoms with Gasteiger partial charge >= 0.3 is 5.97 Å².